The summed E-state index contributed by atoms with van der Waals surface area (Å²) in [7, 11) is -4.29. The van der Waals surface area contributed by atoms with Crippen molar-refractivity contribution in [1.29, 1.82) is 0 Å². The molecule has 0 bridgehead atoms. The summed E-state index contributed by atoms with van der Waals surface area (Å²) < 4.78 is 32.1. The summed E-state index contributed by atoms with van der Waals surface area (Å²) >= 11 is 0. The Labute approximate surface area is 217 Å². The van der Waals surface area contributed by atoms with Crippen LogP contribution >= 0.6 is 0 Å². The first-order valence-electron chi connectivity index (χ1n) is 14.7. The zero-order valence-electron chi connectivity index (χ0n) is 22.9. The summed E-state index contributed by atoms with van der Waals surface area (Å²) in [6, 6.07) is -0.959. The molecule has 210 valence electrons. The molecular formula is C28H57NO5S. The second-order valence-electron chi connectivity index (χ2n) is 10.4. The minimum absolute atomic E-state index is 0.250. The van der Waals surface area contributed by atoms with Gasteiger partial charge in [0.25, 0.3) is 10.1 Å². The van der Waals surface area contributed by atoms with Crippen LogP contribution < -0.4 is 5.32 Å². The Bertz CT molecular complexity index is 582. The van der Waals surface area contributed by atoms with E-state index < -0.39 is 28.0 Å². The number of hydrogen-bond acceptors (Lipinski definition) is 4. The van der Waals surface area contributed by atoms with Crippen molar-refractivity contribution in [3.63, 3.8) is 0 Å². The maximum absolute atomic E-state index is 12.3. The second-order valence-corrected chi connectivity index (χ2v) is 11.9. The average Bonchev–Trinajstić information content (AvgIpc) is 2.80. The normalized spacial score (nSPS) is 13.6. The first-order valence-corrected chi connectivity index (χ1v) is 16.3. The van der Waals surface area contributed by atoms with Crippen LogP contribution in [0.2, 0.25) is 0 Å². The van der Waals surface area contributed by atoms with Crippen LogP contribution in [0.3, 0.4) is 0 Å². The smallest absolute Gasteiger partial charge is 0.266 e. The molecule has 0 aromatic carbocycles. The summed E-state index contributed by atoms with van der Waals surface area (Å²) in [4.78, 5) is 12.3. The van der Waals surface area contributed by atoms with Crippen LogP contribution in [0.1, 0.15) is 155 Å². The van der Waals surface area contributed by atoms with E-state index in [0.717, 1.165) is 38.5 Å². The average molecular weight is 520 g/mol. The zero-order valence-corrected chi connectivity index (χ0v) is 23.8. The maximum atomic E-state index is 12.3. The van der Waals surface area contributed by atoms with Crippen LogP contribution in [-0.2, 0) is 14.9 Å². The van der Waals surface area contributed by atoms with E-state index in [-0.39, 0.29) is 5.91 Å². The molecule has 0 rings (SSSR count). The Morgan fingerprint density at radius 1 is 0.657 bits per heavy atom. The van der Waals surface area contributed by atoms with Gasteiger partial charge in [-0.1, -0.05) is 136 Å². The van der Waals surface area contributed by atoms with Gasteiger partial charge >= 0.3 is 0 Å². The van der Waals surface area contributed by atoms with Crippen molar-refractivity contribution in [2.75, 3.05) is 5.75 Å². The molecule has 35 heavy (non-hydrogen) atoms. The molecule has 0 aliphatic carbocycles. The minimum Gasteiger partial charge on any atom is -0.391 e. The van der Waals surface area contributed by atoms with E-state index in [1.807, 2.05) is 0 Å². The zero-order chi connectivity index (χ0) is 26.2. The largest absolute Gasteiger partial charge is 0.391 e. The number of amides is 1. The second kappa shape index (κ2) is 23.7. The van der Waals surface area contributed by atoms with Gasteiger partial charge in [0.05, 0.1) is 17.9 Å². The lowest BCUT2D eigenvalue weighted by Crippen LogP contribution is -2.47. The summed E-state index contributed by atoms with van der Waals surface area (Å²) in [6.45, 7) is 4.44. The number of aliphatic hydroxyl groups excluding tert-OH is 1. The molecule has 3 N–H and O–H groups in total. The van der Waals surface area contributed by atoms with Gasteiger partial charge in [0.1, 0.15) is 0 Å². The molecule has 0 aliphatic heterocycles. The predicted octanol–water partition coefficient (Wildman–Crippen LogP) is 7.34. The van der Waals surface area contributed by atoms with Crippen LogP contribution in [-0.4, -0.2) is 41.9 Å². The fraction of sp³-hybridized carbons (Fsp3) is 0.964. The Balaban J connectivity index is 4.04. The third kappa shape index (κ3) is 24.8. The number of carbonyl (C=O) groups excluding carboxylic acids is 1. The van der Waals surface area contributed by atoms with Crippen LogP contribution in [0.5, 0.6) is 0 Å². The molecule has 0 aliphatic rings. The lowest BCUT2D eigenvalue weighted by Gasteiger charge is -2.23. The molecule has 6 nitrogen and oxygen atoms in total. The van der Waals surface area contributed by atoms with Gasteiger partial charge in [0.15, 0.2) is 0 Å². The molecule has 7 heteroatoms. The molecule has 0 heterocycles. The summed E-state index contributed by atoms with van der Waals surface area (Å²) in [5.74, 6) is -0.893. The Hall–Kier alpha value is -0.660. The molecule has 0 fully saturated rings. The standard InChI is InChI=1S/C28H57NO5S/c1-3-5-7-9-11-13-15-17-19-21-23-27(30)26(25-35(32,33)34)29-28(31)24-22-20-18-16-14-12-10-8-6-4-2/h26-27,30H,3-25H2,1-2H3,(H,29,31)(H,32,33,34). The molecule has 0 spiro atoms. The van der Waals surface area contributed by atoms with Crippen LogP contribution in [0.4, 0.5) is 0 Å². The Morgan fingerprint density at radius 3 is 1.43 bits per heavy atom. The van der Waals surface area contributed by atoms with E-state index in [0.29, 0.717) is 12.8 Å². The molecule has 2 unspecified atom stereocenters. The first-order chi connectivity index (χ1) is 16.8. The molecule has 1 amide bonds. The highest BCUT2D eigenvalue weighted by molar-refractivity contribution is 7.85. The lowest BCUT2D eigenvalue weighted by molar-refractivity contribution is -0.122. The van der Waals surface area contributed by atoms with E-state index in [4.69, 9.17) is 0 Å². The topological polar surface area (TPSA) is 104 Å². The predicted molar refractivity (Wildman–Crippen MR) is 147 cm³/mol. The quantitative estimate of drug-likeness (QED) is 0.0819. The highest BCUT2D eigenvalue weighted by Crippen LogP contribution is 2.14. The number of carbonyl (C=O) groups is 1. The highest BCUT2D eigenvalue weighted by atomic mass is 32.2. The molecule has 0 aromatic heterocycles. The maximum Gasteiger partial charge on any atom is 0.266 e. The molecule has 2 atom stereocenters. The van der Waals surface area contributed by atoms with E-state index in [2.05, 4.69) is 19.2 Å². The van der Waals surface area contributed by atoms with Gasteiger partial charge in [-0.05, 0) is 12.8 Å². The van der Waals surface area contributed by atoms with Gasteiger partial charge in [0.2, 0.25) is 5.91 Å². The highest BCUT2D eigenvalue weighted by Gasteiger charge is 2.26. The van der Waals surface area contributed by atoms with Gasteiger partial charge in [0, 0.05) is 6.42 Å². The minimum atomic E-state index is -4.29. The van der Waals surface area contributed by atoms with Gasteiger partial charge in [-0.3, -0.25) is 9.35 Å². The van der Waals surface area contributed by atoms with Gasteiger partial charge in [-0.15, -0.1) is 0 Å². The van der Waals surface area contributed by atoms with Crippen LogP contribution in [0, 0.1) is 0 Å². The van der Waals surface area contributed by atoms with E-state index in [1.54, 1.807) is 0 Å². The summed E-state index contributed by atoms with van der Waals surface area (Å²) in [5, 5.41) is 13.2. The van der Waals surface area contributed by atoms with Crippen molar-refractivity contribution >= 4 is 16.0 Å². The van der Waals surface area contributed by atoms with Crippen molar-refractivity contribution in [2.45, 2.75) is 167 Å². The SMILES string of the molecule is CCCCCCCCCCCCC(=O)NC(CS(=O)(=O)O)C(O)CCCCCCCCCCCC. The monoisotopic (exact) mass is 519 g/mol. The number of nitrogens with one attached hydrogen (secondary N) is 1. The van der Waals surface area contributed by atoms with Gasteiger partial charge in [-0.2, -0.15) is 8.42 Å². The number of aliphatic hydroxyl groups is 1. The van der Waals surface area contributed by atoms with Crippen molar-refractivity contribution in [3.8, 4) is 0 Å². The first kappa shape index (κ1) is 34.3. The van der Waals surface area contributed by atoms with E-state index in [1.165, 1.54) is 89.9 Å². The van der Waals surface area contributed by atoms with Crippen LogP contribution in [0.15, 0.2) is 0 Å². The number of unbranched alkanes of at least 4 members (excludes halogenated alkanes) is 18. The molecule has 0 radical (unpaired) electrons. The summed E-state index contributed by atoms with van der Waals surface area (Å²) in [6.07, 6.45) is 23.4. The van der Waals surface area contributed by atoms with Crippen molar-refractivity contribution in [1.82, 2.24) is 5.32 Å². The molecular weight excluding hydrogens is 462 g/mol. The summed E-state index contributed by atoms with van der Waals surface area (Å²) in [5.41, 5.74) is 0. The molecule has 0 saturated carbocycles. The molecule has 0 aromatic rings. The fourth-order valence-corrected chi connectivity index (χ4v) is 5.33. The molecule has 0 saturated heterocycles. The van der Waals surface area contributed by atoms with E-state index >= 15 is 0 Å². The van der Waals surface area contributed by atoms with E-state index in [9.17, 15) is 22.9 Å². The number of rotatable bonds is 26. The van der Waals surface area contributed by atoms with Crippen LogP contribution in [0.25, 0.3) is 0 Å². The third-order valence-electron chi connectivity index (χ3n) is 6.81. The third-order valence-corrected chi connectivity index (χ3v) is 7.59. The van der Waals surface area contributed by atoms with Gasteiger partial charge < -0.3 is 10.4 Å². The number of hydrogen-bond donors (Lipinski definition) is 3. The van der Waals surface area contributed by atoms with Crippen molar-refractivity contribution in [2.24, 2.45) is 0 Å². The van der Waals surface area contributed by atoms with Crippen molar-refractivity contribution in [3.05, 3.63) is 0 Å². The lowest BCUT2D eigenvalue weighted by atomic mass is 10.0. The van der Waals surface area contributed by atoms with Crippen molar-refractivity contribution < 1.29 is 22.9 Å². The Morgan fingerprint density at radius 2 is 1.03 bits per heavy atom. The van der Waals surface area contributed by atoms with Gasteiger partial charge in [-0.25, -0.2) is 0 Å². The fourth-order valence-electron chi connectivity index (χ4n) is 4.57. The Kier molecular flexibility index (Phi) is 23.3.